The van der Waals surface area contributed by atoms with E-state index in [1.165, 1.54) is 28.8 Å². The van der Waals surface area contributed by atoms with Gasteiger partial charge < -0.3 is 10.1 Å². The first-order chi connectivity index (χ1) is 15.0. The van der Waals surface area contributed by atoms with Crippen molar-refractivity contribution in [3.05, 3.63) is 82.9 Å². The SMILES string of the molecule is COc1ccc(NC(=O)CCCc2nnc3c(=O)n(-c4ccc(F)cc4)ccn23)cc1. The van der Waals surface area contributed by atoms with Gasteiger partial charge >= 0.3 is 5.56 Å². The molecular weight excluding hydrogens is 401 g/mol. The molecule has 1 amide bonds. The molecule has 2 heterocycles. The molecule has 2 aromatic carbocycles. The lowest BCUT2D eigenvalue weighted by molar-refractivity contribution is -0.116. The van der Waals surface area contributed by atoms with Gasteiger partial charge in [-0.1, -0.05) is 0 Å². The van der Waals surface area contributed by atoms with Gasteiger partial charge in [0.05, 0.1) is 7.11 Å². The van der Waals surface area contributed by atoms with Crippen molar-refractivity contribution < 1.29 is 13.9 Å². The van der Waals surface area contributed by atoms with Crippen LogP contribution in [0.2, 0.25) is 0 Å². The Labute approximate surface area is 176 Å². The van der Waals surface area contributed by atoms with Crippen LogP contribution in [-0.4, -0.2) is 32.2 Å². The Morgan fingerprint density at radius 3 is 2.52 bits per heavy atom. The summed E-state index contributed by atoms with van der Waals surface area (Å²) in [6, 6.07) is 12.7. The van der Waals surface area contributed by atoms with Gasteiger partial charge in [0.1, 0.15) is 17.4 Å². The second-order valence-electron chi connectivity index (χ2n) is 6.89. The van der Waals surface area contributed by atoms with Crippen LogP contribution in [-0.2, 0) is 11.2 Å². The highest BCUT2D eigenvalue weighted by molar-refractivity contribution is 5.90. The summed E-state index contributed by atoms with van der Waals surface area (Å²) in [6.07, 6.45) is 4.60. The van der Waals surface area contributed by atoms with Crippen molar-refractivity contribution in [2.45, 2.75) is 19.3 Å². The fraction of sp³-hybridized carbons (Fsp3) is 0.182. The van der Waals surface area contributed by atoms with Gasteiger partial charge in [-0.15, -0.1) is 10.2 Å². The van der Waals surface area contributed by atoms with Crippen LogP contribution in [0.4, 0.5) is 10.1 Å². The Balaban J connectivity index is 1.41. The smallest absolute Gasteiger partial charge is 0.300 e. The number of ether oxygens (including phenoxy) is 1. The van der Waals surface area contributed by atoms with E-state index in [0.717, 1.165) is 5.75 Å². The summed E-state index contributed by atoms with van der Waals surface area (Å²) in [5, 5.41) is 10.9. The van der Waals surface area contributed by atoms with Crippen molar-refractivity contribution in [2.75, 3.05) is 12.4 Å². The third kappa shape index (κ3) is 4.45. The van der Waals surface area contributed by atoms with Crippen LogP contribution in [0.25, 0.3) is 11.3 Å². The van der Waals surface area contributed by atoms with Gasteiger partial charge in [-0.2, -0.15) is 0 Å². The lowest BCUT2D eigenvalue weighted by atomic mass is 10.2. The molecular formula is C22H20FN5O3. The Morgan fingerprint density at radius 2 is 1.81 bits per heavy atom. The molecule has 1 N–H and O–H groups in total. The standard InChI is InChI=1S/C22H20FN5O3/c1-31-18-11-7-16(8-12-18)24-20(29)4-2-3-19-25-26-21-22(30)27(13-14-28(19)21)17-9-5-15(23)6-10-17/h5-14H,2-4H2,1H3,(H,24,29). The first-order valence-corrected chi connectivity index (χ1v) is 9.70. The zero-order valence-corrected chi connectivity index (χ0v) is 16.8. The number of rotatable bonds is 7. The summed E-state index contributed by atoms with van der Waals surface area (Å²) in [5.41, 5.74) is 1.04. The predicted molar refractivity (Wildman–Crippen MR) is 113 cm³/mol. The molecule has 9 heteroatoms. The number of hydrogen-bond acceptors (Lipinski definition) is 5. The highest BCUT2D eigenvalue weighted by Gasteiger charge is 2.12. The van der Waals surface area contributed by atoms with E-state index < -0.39 is 0 Å². The minimum Gasteiger partial charge on any atom is -0.497 e. The van der Waals surface area contributed by atoms with Crippen LogP contribution in [0, 0.1) is 5.82 Å². The molecule has 0 aliphatic carbocycles. The van der Waals surface area contributed by atoms with Gasteiger partial charge in [0.2, 0.25) is 11.6 Å². The second kappa shape index (κ2) is 8.78. The molecule has 0 saturated carbocycles. The summed E-state index contributed by atoms with van der Waals surface area (Å²) in [7, 11) is 1.58. The molecule has 0 saturated heterocycles. The Kier molecular flexibility index (Phi) is 5.74. The van der Waals surface area contributed by atoms with Crippen molar-refractivity contribution in [3.8, 4) is 11.4 Å². The van der Waals surface area contributed by atoms with Crippen LogP contribution in [0.1, 0.15) is 18.7 Å². The summed E-state index contributed by atoms with van der Waals surface area (Å²) in [6.45, 7) is 0. The molecule has 0 spiro atoms. The number of fused-ring (bicyclic) bond motifs is 1. The number of nitrogens with one attached hydrogen (secondary N) is 1. The number of aromatic nitrogens is 4. The van der Waals surface area contributed by atoms with Crippen molar-refractivity contribution in [1.82, 2.24) is 19.2 Å². The molecule has 0 unspecified atom stereocenters. The van der Waals surface area contributed by atoms with Crippen LogP contribution < -0.4 is 15.6 Å². The number of aryl methyl sites for hydroxylation is 1. The van der Waals surface area contributed by atoms with E-state index in [4.69, 9.17) is 4.74 Å². The van der Waals surface area contributed by atoms with Crippen LogP contribution in [0.3, 0.4) is 0 Å². The number of hydrogen-bond donors (Lipinski definition) is 1. The number of amides is 1. The Hall–Kier alpha value is -4.01. The zero-order chi connectivity index (χ0) is 21.8. The second-order valence-corrected chi connectivity index (χ2v) is 6.89. The minimum atomic E-state index is -0.376. The fourth-order valence-corrected chi connectivity index (χ4v) is 3.22. The molecule has 4 aromatic rings. The van der Waals surface area contributed by atoms with Crippen molar-refractivity contribution in [2.24, 2.45) is 0 Å². The monoisotopic (exact) mass is 421 g/mol. The highest BCUT2D eigenvalue weighted by atomic mass is 19.1. The number of nitrogens with zero attached hydrogens (tertiary/aromatic N) is 4. The Bertz CT molecular complexity index is 1260. The molecule has 31 heavy (non-hydrogen) atoms. The Morgan fingerprint density at radius 1 is 1.06 bits per heavy atom. The largest absolute Gasteiger partial charge is 0.497 e. The average molecular weight is 421 g/mol. The number of methoxy groups -OCH3 is 1. The van der Waals surface area contributed by atoms with E-state index in [0.29, 0.717) is 36.5 Å². The third-order valence-electron chi connectivity index (χ3n) is 4.82. The molecule has 0 radical (unpaired) electrons. The fourth-order valence-electron chi connectivity index (χ4n) is 3.22. The van der Waals surface area contributed by atoms with Gasteiger partial charge in [-0.05, 0) is 55.0 Å². The van der Waals surface area contributed by atoms with Crippen LogP contribution in [0.5, 0.6) is 5.75 Å². The van der Waals surface area contributed by atoms with Gasteiger partial charge in [0.15, 0.2) is 0 Å². The van der Waals surface area contributed by atoms with Crippen molar-refractivity contribution in [1.29, 1.82) is 0 Å². The number of benzene rings is 2. The molecule has 0 aliphatic rings. The van der Waals surface area contributed by atoms with E-state index >= 15 is 0 Å². The molecule has 8 nitrogen and oxygen atoms in total. The van der Waals surface area contributed by atoms with Gasteiger partial charge in [-0.3, -0.25) is 18.6 Å². The first kappa shape index (κ1) is 20.3. The molecule has 0 aliphatic heterocycles. The topological polar surface area (TPSA) is 90.5 Å². The molecule has 0 fully saturated rings. The van der Waals surface area contributed by atoms with E-state index in [2.05, 4.69) is 15.5 Å². The van der Waals surface area contributed by atoms with E-state index in [1.54, 1.807) is 48.2 Å². The number of anilines is 1. The summed E-state index contributed by atoms with van der Waals surface area (Å²) >= 11 is 0. The molecule has 4 rings (SSSR count). The van der Waals surface area contributed by atoms with Gasteiger partial charge in [0, 0.05) is 36.6 Å². The lowest BCUT2D eigenvalue weighted by Gasteiger charge is -2.07. The summed E-state index contributed by atoms with van der Waals surface area (Å²) in [4.78, 5) is 24.9. The minimum absolute atomic E-state index is 0.113. The lowest BCUT2D eigenvalue weighted by Crippen LogP contribution is -2.20. The van der Waals surface area contributed by atoms with Gasteiger partial charge in [-0.25, -0.2) is 4.39 Å². The third-order valence-corrected chi connectivity index (χ3v) is 4.82. The van der Waals surface area contributed by atoms with Gasteiger partial charge in [0.25, 0.3) is 0 Å². The highest BCUT2D eigenvalue weighted by Crippen LogP contribution is 2.15. The maximum absolute atomic E-state index is 13.1. The molecule has 0 atom stereocenters. The predicted octanol–water partition coefficient (Wildman–Crippen LogP) is 2.99. The average Bonchev–Trinajstić information content (AvgIpc) is 3.19. The van der Waals surface area contributed by atoms with E-state index in [-0.39, 0.29) is 22.9 Å². The molecule has 2 aromatic heterocycles. The molecule has 158 valence electrons. The van der Waals surface area contributed by atoms with Crippen LogP contribution >= 0.6 is 0 Å². The maximum atomic E-state index is 13.1. The van der Waals surface area contributed by atoms with Crippen LogP contribution in [0.15, 0.2) is 65.7 Å². The zero-order valence-electron chi connectivity index (χ0n) is 16.8. The van der Waals surface area contributed by atoms with E-state index in [9.17, 15) is 14.0 Å². The first-order valence-electron chi connectivity index (χ1n) is 9.70. The quantitative estimate of drug-likeness (QED) is 0.495. The number of halogens is 1. The summed E-state index contributed by atoms with van der Waals surface area (Å²) < 4.78 is 21.2. The number of carbonyl (C=O) groups is 1. The molecule has 0 bridgehead atoms. The van der Waals surface area contributed by atoms with Crippen molar-refractivity contribution >= 4 is 17.2 Å². The van der Waals surface area contributed by atoms with Crippen molar-refractivity contribution in [3.63, 3.8) is 0 Å². The maximum Gasteiger partial charge on any atom is 0.300 e. The van der Waals surface area contributed by atoms with E-state index in [1.807, 2.05) is 0 Å². The summed E-state index contributed by atoms with van der Waals surface area (Å²) in [5.74, 6) is 0.821. The number of carbonyl (C=O) groups excluding carboxylic acids is 1. The normalized spacial score (nSPS) is 10.9.